The van der Waals surface area contributed by atoms with Gasteiger partial charge >= 0.3 is 0 Å². The lowest BCUT2D eigenvalue weighted by Crippen LogP contribution is -2.43. The molecule has 0 spiro atoms. The normalized spacial score (nSPS) is 13.8. The first-order valence-corrected chi connectivity index (χ1v) is 18.1. The molecule has 5 aromatic rings. The van der Waals surface area contributed by atoms with Crippen molar-refractivity contribution in [1.82, 2.24) is 35.0 Å². The van der Waals surface area contributed by atoms with E-state index < -0.39 is 7.14 Å². The molecule has 1 saturated heterocycles. The Balaban J connectivity index is 1.40. The second-order valence-corrected chi connectivity index (χ2v) is 15.6. The van der Waals surface area contributed by atoms with Crippen molar-refractivity contribution in [3.8, 4) is 16.9 Å². The Morgan fingerprint density at radius 2 is 1.80 bits per heavy atom. The van der Waals surface area contributed by atoms with Crippen LogP contribution >= 0.6 is 23.1 Å². The maximum atomic E-state index is 13.5. The summed E-state index contributed by atoms with van der Waals surface area (Å²) in [6.45, 7) is 11.1. The number of aromatic nitrogens is 6. The molecule has 234 valence electrons. The quantitative estimate of drug-likeness (QED) is 0.169. The number of nitrogens with one attached hydrogen (secondary N) is 3. The number of ether oxygens (including phenoxy) is 1. The highest BCUT2D eigenvalue weighted by molar-refractivity contribution is 9.10. The van der Waals surface area contributed by atoms with Crippen molar-refractivity contribution in [3.05, 3.63) is 59.7 Å². The molecule has 12 nitrogen and oxygen atoms in total. The Kier molecular flexibility index (Phi) is 8.76. The fraction of sp³-hybridized carbons (Fsp3) is 0.323. The van der Waals surface area contributed by atoms with Gasteiger partial charge in [-0.1, -0.05) is 0 Å². The summed E-state index contributed by atoms with van der Waals surface area (Å²) in [7, 11) is -0.847. The van der Waals surface area contributed by atoms with Crippen LogP contribution < -0.4 is 30.9 Å². The highest BCUT2D eigenvalue weighted by atomic mass is 79.9. The van der Waals surface area contributed by atoms with E-state index in [2.05, 4.69) is 69.0 Å². The molecule has 0 radical (unpaired) electrons. The number of rotatable bonds is 9. The van der Waals surface area contributed by atoms with Gasteiger partial charge in [-0.2, -0.15) is 10.1 Å². The van der Waals surface area contributed by atoms with Crippen LogP contribution in [0.2, 0.25) is 0 Å². The van der Waals surface area contributed by atoms with Crippen LogP contribution in [-0.4, -0.2) is 75.3 Å². The predicted molar refractivity (Wildman–Crippen MR) is 184 cm³/mol. The highest BCUT2D eigenvalue weighted by Gasteiger charge is 2.24. The first-order chi connectivity index (χ1) is 21.6. The van der Waals surface area contributed by atoms with E-state index in [-0.39, 0.29) is 6.10 Å². The number of hydrogen-bond acceptors (Lipinski definition) is 11. The molecule has 1 aliphatic rings. The minimum absolute atomic E-state index is 0.0538. The number of piperazine rings is 1. The molecule has 1 fully saturated rings. The molecule has 3 aromatic heterocycles. The Morgan fingerprint density at radius 1 is 1.02 bits per heavy atom. The van der Waals surface area contributed by atoms with Crippen molar-refractivity contribution in [3.63, 3.8) is 0 Å². The molecule has 4 heterocycles. The summed E-state index contributed by atoms with van der Waals surface area (Å²) < 4.78 is 22.2. The molecule has 6 rings (SSSR count). The second-order valence-electron chi connectivity index (χ2n) is 11.5. The molecule has 1 aliphatic heterocycles. The molecule has 0 amide bonds. The van der Waals surface area contributed by atoms with Gasteiger partial charge in [-0.3, -0.25) is 14.6 Å². The summed E-state index contributed by atoms with van der Waals surface area (Å²) in [5.74, 6) is 1.56. The lowest BCUT2D eigenvalue weighted by Gasteiger charge is -2.32. The van der Waals surface area contributed by atoms with E-state index in [9.17, 15) is 4.57 Å². The van der Waals surface area contributed by atoms with Gasteiger partial charge in [0.05, 0.1) is 39.0 Å². The fourth-order valence-corrected chi connectivity index (χ4v) is 7.09. The summed E-state index contributed by atoms with van der Waals surface area (Å²) in [5.41, 5.74) is 5.76. The van der Waals surface area contributed by atoms with Crippen molar-refractivity contribution in [2.75, 3.05) is 55.0 Å². The summed E-state index contributed by atoms with van der Waals surface area (Å²) >= 11 is 3.59. The number of aryl methyl sites for hydroxylation is 1. The van der Waals surface area contributed by atoms with Crippen LogP contribution in [0.3, 0.4) is 0 Å². The Morgan fingerprint density at radius 3 is 2.51 bits per heavy atom. The van der Waals surface area contributed by atoms with Crippen molar-refractivity contribution in [1.29, 1.82) is 0 Å². The van der Waals surface area contributed by atoms with E-state index in [1.807, 2.05) is 45.4 Å². The average Bonchev–Trinajstić information content (AvgIpc) is 3.44. The lowest BCUT2D eigenvalue weighted by molar-refractivity contribution is 0.244. The Hall–Kier alpha value is -4.06. The molecule has 0 bridgehead atoms. The van der Waals surface area contributed by atoms with Crippen molar-refractivity contribution >= 4 is 68.2 Å². The van der Waals surface area contributed by atoms with Gasteiger partial charge in [-0.15, -0.1) is 0 Å². The first-order valence-electron chi connectivity index (χ1n) is 14.7. The monoisotopic (exact) mass is 690 g/mol. The topological polar surface area (TPSA) is 135 Å². The van der Waals surface area contributed by atoms with Crippen LogP contribution in [0, 0.1) is 0 Å². The van der Waals surface area contributed by atoms with Crippen LogP contribution in [0.5, 0.6) is 5.75 Å². The van der Waals surface area contributed by atoms with E-state index in [4.69, 9.17) is 9.72 Å². The molecule has 45 heavy (non-hydrogen) atoms. The molecule has 0 atom stereocenters. The minimum atomic E-state index is -2.76. The van der Waals surface area contributed by atoms with Crippen molar-refractivity contribution in [2.45, 2.75) is 20.0 Å². The first kappa shape index (κ1) is 30.9. The molecule has 0 unspecified atom stereocenters. The van der Waals surface area contributed by atoms with Crippen LogP contribution in [0.1, 0.15) is 13.8 Å². The molecule has 2 aromatic carbocycles. The zero-order valence-electron chi connectivity index (χ0n) is 25.9. The third kappa shape index (κ3) is 6.80. The third-order valence-corrected chi connectivity index (χ3v) is 9.44. The van der Waals surface area contributed by atoms with Crippen LogP contribution in [0.4, 0.5) is 28.8 Å². The lowest BCUT2D eigenvalue weighted by atomic mass is 10.0. The molecular weight excluding hydrogens is 655 g/mol. The number of halogens is 1. The van der Waals surface area contributed by atoms with Gasteiger partial charge in [0, 0.05) is 80.9 Å². The highest BCUT2D eigenvalue weighted by Crippen LogP contribution is 2.43. The van der Waals surface area contributed by atoms with E-state index >= 15 is 0 Å². The van der Waals surface area contributed by atoms with Gasteiger partial charge in [0.2, 0.25) is 5.95 Å². The summed E-state index contributed by atoms with van der Waals surface area (Å²) in [5, 5.41) is 15.3. The van der Waals surface area contributed by atoms with Gasteiger partial charge in [-0.05, 0) is 61.3 Å². The average molecular weight is 692 g/mol. The molecular formula is C31H36BrN10O2P. The Bertz CT molecular complexity index is 1900. The predicted octanol–water partition coefficient (Wildman–Crippen LogP) is 5.51. The fourth-order valence-electron chi connectivity index (χ4n) is 5.41. The van der Waals surface area contributed by atoms with E-state index in [1.54, 1.807) is 36.6 Å². The van der Waals surface area contributed by atoms with E-state index in [0.717, 1.165) is 48.7 Å². The molecule has 0 aliphatic carbocycles. The van der Waals surface area contributed by atoms with Gasteiger partial charge in [0.1, 0.15) is 24.2 Å². The number of benzene rings is 2. The second kappa shape index (κ2) is 12.7. The smallest absolute Gasteiger partial charge is 0.229 e. The maximum absolute atomic E-state index is 13.5. The molecule has 14 heteroatoms. The largest absolute Gasteiger partial charge is 0.489 e. The van der Waals surface area contributed by atoms with Crippen LogP contribution in [0.15, 0.2) is 59.7 Å². The van der Waals surface area contributed by atoms with Crippen molar-refractivity contribution in [2.24, 2.45) is 7.05 Å². The third-order valence-electron chi connectivity index (χ3n) is 7.33. The maximum Gasteiger partial charge on any atom is 0.229 e. The zero-order valence-corrected chi connectivity index (χ0v) is 28.4. The zero-order chi connectivity index (χ0) is 31.7. The van der Waals surface area contributed by atoms with Crippen LogP contribution in [0.25, 0.3) is 22.2 Å². The SMILES string of the molecule is CC(C)Oc1cc(N2CCNCC2)c(-c2cnn(C)c2)cc1Nc1ncc(Br)c(Nc2ccc3nccnc3c2P(C)(C)=O)n1. The van der Waals surface area contributed by atoms with Gasteiger partial charge in [-0.25, -0.2) is 4.98 Å². The number of anilines is 5. The molecule has 0 saturated carbocycles. The summed E-state index contributed by atoms with van der Waals surface area (Å²) in [6, 6.07) is 7.89. The summed E-state index contributed by atoms with van der Waals surface area (Å²) in [6.07, 6.45) is 8.74. The van der Waals surface area contributed by atoms with Gasteiger partial charge in [0.15, 0.2) is 0 Å². The number of fused-ring (bicyclic) bond motifs is 1. The van der Waals surface area contributed by atoms with E-state index in [1.165, 1.54) is 0 Å². The van der Waals surface area contributed by atoms with Crippen molar-refractivity contribution < 1.29 is 9.30 Å². The number of nitrogens with zero attached hydrogens (tertiary/aromatic N) is 7. The van der Waals surface area contributed by atoms with Gasteiger partial charge in [0.25, 0.3) is 0 Å². The Labute approximate surface area is 270 Å². The number of hydrogen-bond donors (Lipinski definition) is 3. The van der Waals surface area contributed by atoms with E-state index in [0.29, 0.717) is 44.0 Å². The summed E-state index contributed by atoms with van der Waals surface area (Å²) in [4.78, 5) is 20.6. The van der Waals surface area contributed by atoms with Gasteiger partial charge < -0.3 is 30.2 Å². The minimum Gasteiger partial charge on any atom is -0.489 e. The standard InChI is InChI=1S/C31H36BrN10O2P/c1-19(2)44-27-15-26(42-12-10-33-11-13-42)21(20-16-37-41(3)18-20)14-25(27)39-31-36-17-22(32)30(40-31)38-24-7-6-23-28(35-9-8-34-23)29(24)45(4,5)43/h6-9,14-19,33H,10-13H2,1-5H3,(H2,36,38,39,40). The van der Waals surface area contributed by atoms with Crippen LogP contribution in [-0.2, 0) is 11.6 Å². The molecule has 3 N–H and O–H groups in total.